The molecule has 0 amide bonds. The molecule has 4 nitrogen and oxygen atoms in total. The van der Waals surface area contributed by atoms with Crippen LogP contribution in [0.4, 0.5) is 11.4 Å². The lowest BCUT2D eigenvalue weighted by atomic mass is 10.2. The molecule has 0 saturated carbocycles. The van der Waals surface area contributed by atoms with Crippen molar-refractivity contribution >= 4 is 22.7 Å². The molecule has 0 spiro atoms. The quantitative estimate of drug-likeness (QED) is 0.665. The summed E-state index contributed by atoms with van der Waals surface area (Å²) in [7, 11) is 0. The monoisotopic (exact) mass is 262 g/mol. The topological polar surface area (TPSA) is 55.2 Å². The Morgan fingerprint density at radius 2 is 2.00 bits per heavy atom. The van der Waals surface area contributed by atoms with E-state index in [2.05, 4.69) is 11.4 Å². The van der Waals surface area contributed by atoms with E-state index in [1.165, 1.54) is 15.8 Å². The number of thiophene rings is 1. The van der Waals surface area contributed by atoms with Gasteiger partial charge in [-0.25, -0.2) is 0 Å². The Kier molecular flexibility index (Phi) is 3.62. The lowest BCUT2D eigenvalue weighted by molar-refractivity contribution is -0.384. The second kappa shape index (κ2) is 5.18. The Balaban J connectivity index is 2.21. The summed E-state index contributed by atoms with van der Waals surface area (Å²) in [5.74, 6) is 0. The van der Waals surface area contributed by atoms with Crippen LogP contribution in [0.3, 0.4) is 0 Å². The van der Waals surface area contributed by atoms with Crippen LogP contribution >= 0.6 is 11.3 Å². The van der Waals surface area contributed by atoms with Crippen molar-refractivity contribution in [3.8, 4) is 0 Å². The first-order valence-electron chi connectivity index (χ1n) is 5.64. The van der Waals surface area contributed by atoms with Crippen molar-refractivity contribution in [3.05, 3.63) is 56.3 Å². The van der Waals surface area contributed by atoms with E-state index in [0.29, 0.717) is 5.69 Å². The first-order chi connectivity index (χ1) is 8.58. The zero-order chi connectivity index (χ0) is 13.1. The molecule has 2 aromatic rings. The molecule has 1 heterocycles. The zero-order valence-corrected chi connectivity index (χ0v) is 11.0. The minimum Gasteiger partial charge on any atom is -0.372 e. The van der Waals surface area contributed by atoms with E-state index in [9.17, 15) is 10.1 Å². The molecule has 1 N–H and O–H groups in total. The van der Waals surface area contributed by atoms with Gasteiger partial charge >= 0.3 is 0 Å². The maximum Gasteiger partial charge on any atom is 0.292 e. The number of hydrogen-bond acceptors (Lipinski definition) is 4. The third-order valence-corrected chi connectivity index (χ3v) is 3.84. The van der Waals surface area contributed by atoms with E-state index in [1.807, 2.05) is 19.9 Å². The molecule has 0 radical (unpaired) electrons. The molecule has 2 rings (SSSR count). The van der Waals surface area contributed by atoms with Crippen LogP contribution in [0.2, 0.25) is 0 Å². The largest absolute Gasteiger partial charge is 0.372 e. The summed E-state index contributed by atoms with van der Waals surface area (Å²) in [5.41, 5.74) is 0.665. The number of para-hydroxylation sites is 2. The van der Waals surface area contributed by atoms with E-state index >= 15 is 0 Å². The second-order valence-electron chi connectivity index (χ2n) is 4.09. The van der Waals surface area contributed by atoms with Crippen molar-refractivity contribution in [2.45, 2.75) is 19.9 Å². The van der Waals surface area contributed by atoms with Gasteiger partial charge in [-0.05, 0) is 32.0 Å². The molecule has 1 unspecified atom stereocenters. The number of benzene rings is 1. The van der Waals surface area contributed by atoms with Crippen molar-refractivity contribution in [3.63, 3.8) is 0 Å². The van der Waals surface area contributed by atoms with Crippen LogP contribution in [0, 0.1) is 17.0 Å². The second-order valence-corrected chi connectivity index (χ2v) is 5.41. The molecule has 0 aliphatic rings. The third-order valence-electron chi connectivity index (χ3n) is 2.66. The van der Waals surface area contributed by atoms with E-state index in [1.54, 1.807) is 29.5 Å². The maximum atomic E-state index is 10.9. The Morgan fingerprint density at radius 3 is 2.61 bits per heavy atom. The summed E-state index contributed by atoms with van der Waals surface area (Å²) in [6, 6.07) is 10.9. The van der Waals surface area contributed by atoms with Crippen LogP contribution in [-0.2, 0) is 0 Å². The van der Waals surface area contributed by atoms with Crippen LogP contribution in [0.5, 0.6) is 0 Å². The molecule has 0 fully saturated rings. The lowest BCUT2D eigenvalue weighted by Gasteiger charge is -2.13. The van der Waals surface area contributed by atoms with Gasteiger partial charge in [0.15, 0.2) is 0 Å². The van der Waals surface area contributed by atoms with Gasteiger partial charge in [0.25, 0.3) is 5.69 Å². The molecule has 0 bridgehead atoms. The standard InChI is InChI=1S/C13H14N2O2S/c1-9-7-8-13(18-9)10(2)14-11-5-3-4-6-12(11)15(16)17/h3-8,10,14H,1-2H3. The average Bonchev–Trinajstić information content (AvgIpc) is 2.76. The summed E-state index contributed by atoms with van der Waals surface area (Å²) in [4.78, 5) is 13.0. The summed E-state index contributed by atoms with van der Waals surface area (Å²) >= 11 is 1.70. The molecule has 0 aliphatic heterocycles. The minimum absolute atomic E-state index is 0.0600. The molecule has 0 saturated heterocycles. The van der Waals surface area contributed by atoms with Crippen LogP contribution in [0.25, 0.3) is 0 Å². The minimum atomic E-state index is -0.366. The molecule has 1 aromatic heterocycles. The first kappa shape index (κ1) is 12.6. The van der Waals surface area contributed by atoms with Gasteiger partial charge in [-0.2, -0.15) is 0 Å². The molecular weight excluding hydrogens is 248 g/mol. The van der Waals surface area contributed by atoms with Crippen molar-refractivity contribution in [2.24, 2.45) is 0 Å². The average molecular weight is 262 g/mol. The first-order valence-corrected chi connectivity index (χ1v) is 6.46. The van der Waals surface area contributed by atoms with Crippen molar-refractivity contribution in [1.82, 2.24) is 0 Å². The van der Waals surface area contributed by atoms with Gasteiger partial charge in [0.05, 0.1) is 11.0 Å². The van der Waals surface area contributed by atoms with Crippen LogP contribution in [0.1, 0.15) is 22.7 Å². The van der Waals surface area contributed by atoms with Gasteiger partial charge in [-0.3, -0.25) is 10.1 Å². The third kappa shape index (κ3) is 2.68. The number of hydrogen-bond donors (Lipinski definition) is 1. The number of rotatable bonds is 4. The molecule has 5 heteroatoms. The van der Waals surface area contributed by atoms with Crippen LogP contribution in [-0.4, -0.2) is 4.92 Å². The van der Waals surface area contributed by atoms with Gasteiger partial charge in [0.1, 0.15) is 5.69 Å². The van der Waals surface area contributed by atoms with Gasteiger partial charge in [0, 0.05) is 15.8 Å². The predicted molar refractivity (Wildman–Crippen MR) is 74.2 cm³/mol. The number of nitro groups is 1. The van der Waals surface area contributed by atoms with E-state index in [0.717, 1.165) is 0 Å². The molecule has 18 heavy (non-hydrogen) atoms. The lowest BCUT2D eigenvalue weighted by Crippen LogP contribution is -2.06. The fraction of sp³-hybridized carbons (Fsp3) is 0.231. The van der Waals surface area contributed by atoms with E-state index in [4.69, 9.17) is 0 Å². The Morgan fingerprint density at radius 1 is 1.28 bits per heavy atom. The highest BCUT2D eigenvalue weighted by Crippen LogP contribution is 2.30. The fourth-order valence-electron chi connectivity index (χ4n) is 1.75. The summed E-state index contributed by atoms with van der Waals surface area (Å²) in [6.07, 6.45) is 0. The molecule has 1 aromatic carbocycles. The SMILES string of the molecule is Cc1ccc(C(C)Nc2ccccc2[N+](=O)[O-])s1. The summed E-state index contributed by atoms with van der Waals surface area (Å²) in [5, 5.41) is 14.1. The van der Waals surface area contributed by atoms with Gasteiger partial charge in [0.2, 0.25) is 0 Å². The molecule has 1 atom stereocenters. The number of anilines is 1. The van der Waals surface area contributed by atoms with E-state index < -0.39 is 0 Å². The number of nitrogens with zero attached hydrogens (tertiary/aromatic N) is 1. The van der Waals surface area contributed by atoms with E-state index in [-0.39, 0.29) is 16.7 Å². The van der Waals surface area contributed by atoms with Gasteiger partial charge < -0.3 is 5.32 Å². The van der Waals surface area contributed by atoms with Crippen molar-refractivity contribution in [1.29, 1.82) is 0 Å². The summed E-state index contributed by atoms with van der Waals surface area (Å²) < 4.78 is 0. The Labute approximate surface area is 109 Å². The van der Waals surface area contributed by atoms with Crippen molar-refractivity contribution < 1.29 is 4.92 Å². The number of nitro benzene ring substituents is 1. The van der Waals surface area contributed by atoms with Crippen LogP contribution in [0.15, 0.2) is 36.4 Å². The van der Waals surface area contributed by atoms with Gasteiger partial charge in [-0.1, -0.05) is 12.1 Å². The van der Waals surface area contributed by atoms with Crippen LogP contribution < -0.4 is 5.32 Å². The predicted octanol–water partition coefficient (Wildman–Crippen LogP) is 4.14. The Hall–Kier alpha value is -1.88. The normalized spacial score (nSPS) is 12.1. The zero-order valence-electron chi connectivity index (χ0n) is 10.2. The highest BCUT2D eigenvalue weighted by molar-refractivity contribution is 7.12. The molecular formula is C13H14N2O2S. The Bertz CT molecular complexity index is 566. The molecule has 0 aliphatic carbocycles. The maximum absolute atomic E-state index is 10.9. The number of aryl methyl sites for hydroxylation is 1. The summed E-state index contributed by atoms with van der Waals surface area (Å²) in [6.45, 7) is 4.05. The number of nitrogens with one attached hydrogen (secondary N) is 1. The molecule has 94 valence electrons. The fourth-order valence-corrected chi connectivity index (χ4v) is 2.63. The van der Waals surface area contributed by atoms with Gasteiger partial charge in [-0.15, -0.1) is 11.3 Å². The highest BCUT2D eigenvalue weighted by atomic mass is 32.1. The smallest absolute Gasteiger partial charge is 0.292 e. The highest BCUT2D eigenvalue weighted by Gasteiger charge is 2.15. The van der Waals surface area contributed by atoms with Crippen molar-refractivity contribution in [2.75, 3.05) is 5.32 Å².